The van der Waals surface area contributed by atoms with E-state index in [9.17, 15) is 23.1 Å². The Morgan fingerprint density at radius 1 is 1.32 bits per heavy atom. The van der Waals surface area contributed by atoms with E-state index in [2.05, 4.69) is 4.98 Å². The number of carbonyl (C=O) groups excluding carboxylic acids is 1. The van der Waals surface area contributed by atoms with Crippen LogP contribution in [0.15, 0.2) is 36.5 Å². The molecule has 0 atom stereocenters. The van der Waals surface area contributed by atoms with Gasteiger partial charge < -0.3 is 9.84 Å². The molecule has 1 N–H and O–H groups in total. The van der Waals surface area contributed by atoms with Crippen molar-refractivity contribution >= 4 is 5.97 Å². The highest BCUT2D eigenvalue weighted by Gasteiger charge is 2.33. The van der Waals surface area contributed by atoms with Gasteiger partial charge in [0.05, 0.1) is 17.9 Å². The fourth-order valence-electron chi connectivity index (χ4n) is 1.91. The predicted molar refractivity (Wildman–Crippen MR) is 72.3 cm³/mol. The number of rotatable bonds is 3. The molecule has 7 heteroatoms. The van der Waals surface area contributed by atoms with Crippen molar-refractivity contribution < 1.29 is 27.8 Å². The summed E-state index contributed by atoms with van der Waals surface area (Å²) in [5.41, 5.74) is -1.33. The van der Waals surface area contributed by atoms with Gasteiger partial charge in [-0.05, 0) is 13.0 Å². The molecule has 0 aliphatic carbocycles. The molecule has 1 aromatic heterocycles. The van der Waals surface area contributed by atoms with Crippen LogP contribution in [0.4, 0.5) is 13.2 Å². The average Bonchev–Trinajstić information content (AvgIpc) is 2.46. The summed E-state index contributed by atoms with van der Waals surface area (Å²) in [6, 6.07) is 5.88. The van der Waals surface area contributed by atoms with E-state index in [4.69, 9.17) is 4.74 Å². The van der Waals surface area contributed by atoms with E-state index in [0.29, 0.717) is 0 Å². The summed E-state index contributed by atoms with van der Waals surface area (Å²) in [5.74, 6) is -1.27. The first-order chi connectivity index (χ1) is 10.3. The second-order valence-electron chi connectivity index (χ2n) is 4.35. The summed E-state index contributed by atoms with van der Waals surface area (Å²) in [6.45, 7) is 1.70. The maximum atomic E-state index is 13.0. The van der Waals surface area contributed by atoms with Crippen molar-refractivity contribution in [3.8, 4) is 17.0 Å². The van der Waals surface area contributed by atoms with Gasteiger partial charge in [0.25, 0.3) is 0 Å². The minimum absolute atomic E-state index is 0.0847. The fourth-order valence-corrected chi connectivity index (χ4v) is 1.91. The molecular formula is C15H12F3NO3. The number of pyridine rings is 1. The summed E-state index contributed by atoms with van der Waals surface area (Å²) in [7, 11) is 0. The van der Waals surface area contributed by atoms with E-state index < -0.39 is 23.5 Å². The van der Waals surface area contributed by atoms with Crippen LogP contribution in [0.25, 0.3) is 11.3 Å². The first-order valence-corrected chi connectivity index (χ1v) is 6.37. The van der Waals surface area contributed by atoms with E-state index in [1.54, 1.807) is 6.92 Å². The SMILES string of the molecule is CCOC(=O)c1cnc(-c2ccccc2C(F)(F)F)cc1O. The van der Waals surface area contributed by atoms with Crippen molar-refractivity contribution in [3.63, 3.8) is 0 Å². The highest BCUT2D eigenvalue weighted by atomic mass is 19.4. The standard InChI is InChI=1S/C15H12F3NO3/c1-2-22-14(21)10-8-19-12(7-13(10)20)9-5-3-4-6-11(9)15(16,17)18/h3-8H,2H2,1H3,(H,19,20). The van der Waals surface area contributed by atoms with E-state index in [1.165, 1.54) is 18.2 Å². The number of hydrogen-bond donors (Lipinski definition) is 1. The Balaban J connectivity index is 2.48. The van der Waals surface area contributed by atoms with Gasteiger partial charge in [-0.2, -0.15) is 13.2 Å². The number of hydrogen-bond acceptors (Lipinski definition) is 4. The molecule has 0 aliphatic rings. The molecular weight excluding hydrogens is 299 g/mol. The number of aromatic hydroxyl groups is 1. The third kappa shape index (κ3) is 3.19. The van der Waals surface area contributed by atoms with Gasteiger partial charge in [0.15, 0.2) is 0 Å². The van der Waals surface area contributed by atoms with Crippen LogP contribution in [-0.4, -0.2) is 22.7 Å². The van der Waals surface area contributed by atoms with Crippen molar-refractivity contribution in [1.82, 2.24) is 4.98 Å². The van der Waals surface area contributed by atoms with Gasteiger partial charge in [-0.15, -0.1) is 0 Å². The summed E-state index contributed by atoms with van der Waals surface area (Å²) in [5, 5.41) is 9.82. The molecule has 0 fully saturated rings. The maximum Gasteiger partial charge on any atom is 0.417 e. The lowest BCUT2D eigenvalue weighted by molar-refractivity contribution is -0.137. The second kappa shape index (κ2) is 6.05. The molecule has 2 aromatic rings. The van der Waals surface area contributed by atoms with Crippen LogP contribution in [0.2, 0.25) is 0 Å². The monoisotopic (exact) mass is 311 g/mol. The molecule has 1 aromatic carbocycles. The third-order valence-electron chi connectivity index (χ3n) is 2.89. The highest BCUT2D eigenvalue weighted by molar-refractivity contribution is 5.92. The molecule has 4 nitrogen and oxygen atoms in total. The van der Waals surface area contributed by atoms with Crippen LogP contribution in [-0.2, 0) is 10.9 Å². The van der Waals surface area contributed by atoms with E-state index in [1.807, 2.05) is 0 Å². The van der Waals surface area contributed by atoms with Crippen molar-refractivity contribution in [3.05, 3.63) is 47.7 Å². The Morgan fingerprint density at radius 3 is 2.59 bits per heavy atom. The average molecular weight is 311 g/mol. The van der Waals surface area contributed by atoms with Crippen LogP contribution < -0.4 is 0 Å². The third-order valence-corrected chi connectivity index (χ3v) is 2.89. The minimum Gasteiger partial charge on any atom is -0.507 e. The van der Waals surface area contributed by atoms with Crippen molar-refractivity contribution in [2.45, 2.75) is 13.1 Å². The molecule has 0 radical (unpaired) electrons. The predicted octanol–water partition coefficient (Wildman–Crippen LogP) is 3.65. The van der Waals surface area contributed by atoms with Gasteiger partial charge >= 0.3 is 12.1 Å². The zero-order chi connectivity index (χ0) is 16.3. The Bertz CT molecular complexity index is 699. The van der Waals surface area contributed by atoms with Gasteiger partial charge in [0.2, 0.25) is 0 Å². The smallest absolute Gasteiger partial charge is 0.417 e. The van der Waals surface area contributed by atoms with E-state index in [-0.39, 0.29) is 23.4 Å². The number of benzene rings is 1. The molecule has 22 heavy (non-hydrogen) atoms. The number of aromatic nitrogens is 1. The summed E-state index contributed by atoms with van der Waals surface area (Å²) < 4.78 is 43.6. The van der Waals surface area contributed by atoms with Gasteiger partial charge in [-0.3, -0.25) is 4.98 Å². The van der Waals surface area contributed by atoms with Crippen LogP contribution in [0.5, 0.6) is 5.75 Å². The second-order valence-corrected chi connectivity index (χ2v) is 4.35. The van der Waals surface area contributed by atoms with Crippen LogP contribution >= 0.6 is 0 Å². The van der Waals surface area contributed by atoms with Crippen molar-refractivity contribution in [2.24, 2.45) is 0 Å². The fraction of sp³-hybridized carbons (Fsp3) is 0.200. The molecule has 0 bridgehead atoms. The number of ether oxygens (including phenoxy) is 1. The van der Waals surface area contributed by atoms with Gasteiger partial charge in [-0.25, -0.2) is 4.79 Å². The largest absolute Gasteiger partial charge is 0.507 e. The molecule has 2 rings (SSSR count). The zero-order valence-corrected chi connectivity index (χ0v) is 11.5. The Hall–Kier alpha value is -2.57. The lowest BCUT2D eigenvalue weighted by Crippen LogP contribution is -2.08. The quantitative estimate of drug-likeness (QED) is 0.879. The number of nitrogens with zero attached hydrogens (tertiary/aromatic N) is 1. The zero-order valence-electron chi connectivity index (χ0n) is 11.5. The first kappa shape index (κ1) is 15.8. The molecule has 0 unspecified atom stereocenters. The Labute approximate surface area is 124 Å². The molecule has 0 amide bonds. The lowest BCUT2D eigenvalue weighted by atomic mass is 10.0. The maximum absolute atomic E-state index is 13.0. The van der Waals surface area contributed by atoms with Gasteiger partial charge in [0.1, 0.15) is 11.3 Å². The van der Waals surface area contributed by atoms with Crippen LogP contribution in [0, 0.1) is 0 Å². The van der Waals surface area contributed by atoms with Gasteiger partial charge in [0, 0.05) is 17.8 Å². The molecule has 1 heterocycles. The molecule has 0 aliphatic heterocycles. The number of esters is 1. The van der Waals surface area contributed by atoms with Crippen LogP contribution in [0.1, 0.15) is 22.8 Å². The van der Waals surface area contributed by atoms with E-state index in [0.717, 1.165) is 18.3 Å². The summed E-state index contributed by atoms with van der Waals surface area (Å²) in [4.78, 5) is 15.4. The summed E-state index contributed by atoms with van der Waals surface area (Å²) in [6.07, 6.45) is -3.55. The van der Waals surface area contributed by atoms with Crippen molar-refractivity contribution in [2.75, 3.05) is 6.61 Å². The first-order valence-electron chi connectivity index (χ1n) is 6.37. The molecule has 0 spiro atoms. The number of carbonyl (C=O) groups is 1. The topological polar surface area (TPSA) is 59.4 Å². The molecule has 0 saturated heterocycles. The number of halogens is 3. The van der Waals surface area contributed by atoms with E-state index >= 15 is 0 Å². The van der Waals surface area contributed by atoms with Gasteiger partial charge in [-0.1, -0.05) is 18.2 Å². The number of alkyl halides is 3. The normalized spacial score (nSPS) is 11.3. The Kier molecular flexibility index (Phi) is 4.35. The lowest BCUT2D eigenvalue weighted by Gasteiger charge is -2.13. The Morgan fingerprint density at radius 2 is 2.00 bits per heavy atom. The van der Waals surface area contributed by atoms with Crippen LogP contribution in [0.3, 0.4) is 0 Å². The summed E-state index contributed by atoms with van der Waals surface area (Å²) >= 11 is 0. The highest BCUT2D eigenvalue weighted by Crippen LogP contribution is 2.37. The molecule has 116 valence electrons. The van der Waals surface area contributed by atoms with Crippen molar-refractivity contribution in [1.29, 1.82) is 0 Å². The molecule has 0 saturated carbocycles. The minimum atomic E-state index is -4.55.